The normalized spacial score (nSPS) is 12.9. The Hall–Kier alpha value is -2.14. The summed E-state index contributed by atoms with van der Waals surface area (Å²) in [6.45, 7) is 1.35. The van der Waals surface area contributed by atoms with Crippen molar-refractivity contribution in [2.45, 2.75) is 13.1 Å². The molecule has 0 aliphatic carbocycles. The van der Waals surface area contributed by atoms with Crippen molar-refractivity contribution >= 4 is 0 Å². The van der Waals surface area contributed by atoms with Gasteiger partial charge in [-0.3, -0.25) is 0 Å². The van der Waals surface area contributed by atoms with Gasteiger partial charge in [0.15, 0.2) is 11.5 Å². The van der Waals surface area contributed by atoms with Crippen molar-refractivity contribution < 1.29 is 19.0 Å². The van der Waals surface area contributed by atoms with E-state index in [1.54, 1.807) is 18.4 Å². The Labute approximate surface area is 104 Å². The van der Waals surface area contributed by atoms with Gasteiger partial charge in [-0.05, 0) is 18.2 Å². The fourth-order valence-corrected chi connectivity index (χ4v) is 1.85. The third-order valence-corrected chi connectivity index (χ3v) is 2.77. The summed E-state index contributed by atoms with van der Waals surface area (Å²) >= 11 is 0. The van der Waals surface area contributed by atoms with Crippen molar-refractivity contribution in [1.29, 1.82) is 0 Å². The number of phenolic OH excluding ortho intramolecular Hbond substituents is 1. The molecule has 1 aliphatic rings. The number of rotatable bonds is 4. The zero-order valence-corrected chi connectivity index (χ0v) is 9.68. The molecule has 0 spiro atoms. The summed E-state index contributed by atoms with van der Waals surface area (Å²) in [5.74, 6) is 2.31. The number of ether oxygens (including phenoxy) is 2. The van der Waals surface area contributed by atoms with E-state index < -0.39 is 0 Å². The van der Waals surface area contributed by atoms with E-state index in [2.05, 4.69) is 5.32 Å². The molecule has 0 atom stereocenters. The molecular formula is C13H13NO4. The fourth-order valence-electron chi connectivity index (χ4n) is 1.85. The maximum absolute atomic E-state index is 9.83. The summed E-state index contributed by atoms with van der Waals surface area (Å²) in [6.07, 6.45) is 1.63. The second-order valence-electron chi connectivity index (χ2n) is 4.02. The number of benzene rings is 1. The number of furan rings is 1. The van der Waals surface area contributed by atoms with Gasteiger partial charge in [-0.2, -0.15) is 0 Å². The molecule has 5 heteroatoms. The van der Waals surface area contributed by atoms with Crippen LogP contribution >= 0.6 is 0 Å². The Bertz CT molecular complexity index is 536. The van der Waals surface area contributed by atoms with Gasteiger partial charge in [-0.25, -0.2) is 0 Å². The van der Waals surface area contributed by atoms with Crippen LogP contribution in [0, 0.1) is 0 Å². The second kappa shape index (κ2) is 4.62. The maximum Gasteiger partial charge on any atom is 0.231 e. The van der Waals surface area contributed by atoms with Crippen molar-refractivity contribution in [2.24, 2.45) is 0 Å². The molecule has 3 rings (SSSR count). The first-order valence-corrected chi connectivity index (χ1v) is 5.67. The Balaban J connectivity index is 1.66. The first-order chi connectivity index (χ1) is 8.83. The van der Waals surface area contributed by atoms with Gasteiger partial charge in [0.25, 0.3) is 0 Å². The lowest BCUT2D eigenvalue weighted by molar-refractivity contribution is 0.174. The van der Waals surface area contributed by atoms with Gasteiger partial charge >= 0.3 is 0 Å². The monoisotopic (exact) mass is 247 g/mol. The van der Waals surface area contributed by atoms with Crippen molar-refractivity contribution in [3.05, 3.63) is 41.9 Å². The van der Waals surface area contributed by atoms with E-state index in [4.69, 9.17) is 13.9 Å². The van der Waals surface area contributed by atoms with Crippen molar-refractivity contribution in [3.63, 3.8) is 0 Å². The Morgan fingerprint density at radius 3 is 2.78 bits per heavy atom. The maximum atomic E-state index is 9.83. The highest BCUT2D eigenvalue weighted by molar-refractivity contribution is 5.51. The third-order valence-electron chi connectivity index (χ3n) is 2.77. The third kappa shape index (κ3) is 2.12. The molecule has 2 aromatic rings. The van der Waals surface area contributed by atoms with Crippen LogP contribution < -0.4 is 14.8 Å². The molecule has 0 saturated heterocycles. The quantitative estimate of drug-likeness (QED) is 0.865. The van der Waals surface area contributed by atoms with Gasteiger partial charge in [0.05, 0.1) is 12.8 Å². The summed E-state index contributed by atoms with van der Waals surface area (Å²) in [5.41, 5.74) is 0.769. The van der Waals surface area contributed by atoms with Crippen LogP contribution in [0.25, 0.3) is 0 Å². The number of fused-ring (bicyclic) bond motifs is 1. The molecule has 2 heterocycles. The van der Waals surface area contributed by atoms with Crippen LogP contribution in [0.2, 0.25) is 0 Å². The minimum atomic E-state index is 0.200. The molecular weight excluding hydrogens is 234 g/mol. The number of hydrogen-bond acceptors (Lipinski definition) is 5. The van der Waals surface area contributed by atoms with Crippen LogP contribution in [-0.4, -0.2) is 11.9 Å². The lowest BCUT2D eigenvalue weighted by atomic mass is 10.1. The zero-order chi connectivity index (χ0) is 12.4. The highest BCUT2D eigenvalue weighted by atomic mass is 16.7. The van der Waals surface area contributed by atoms with E-state index in [9.17, 15) is 5.11 Å². The molecule has 0 unspecified atom stereocenters. The Morgan fingerprint density at radius 2 is 2.00 bits per heavy atom. The number of hydrogen-bond donors (Lipinski definition) is 2. The van der Waals surface area contributed by atoms with Crippen LogP contribution in [0.5, 0.6) is 17.2 Å². The summed E-state index contributed by atoms with van der Waals surface area (Å²) in [5, 5.41) is 13.0. The van der Waals surface area contributed by atoms with E-state index in [0.29, 0.717) is 24.6 Å². The molecule has 1 aromatic carbocycles. The molecule has 0 bridgehead atoms. The average molecular weight is 247 g/mol. The number of nitrogens with one attached hydrogen (secondary N) is 1. The topological polar surface area (TPSA) is 63.9 Å². The van der Waals surface area contributed by atoms with E-state index >= 15 is 0 Å². The van der Waals surface area contributed by atoms with Crippen LogP contribution in [0.15, 0.2) is 34.9 Å². The average Bonchev–Trinajstić information content (AvgIpc) is 3.00. The van der Waals surface area contributed by atoms with Gasteiger partial charge < -0.3 is 24.3 Å². The van der Waals surface area contributed by atoms with Crippen LogP contribution in [0.3, 0.4) is 0 Å². The summed E-state index contributed by atoms with van der Waals surface area (Å²) < 4.78 is 15.7. The Morgan fingerprint density at radius 1 is 1.17 bits per heavy atom. The molecule has 5 nitrogen and oxygen atoms in total. The first-order valence-electron chi connectivity index (χ1n) is 5.67. The molecule has 0 fully saturated rings. The molecule has 0 amide bonds. The first kappa shape index (κ1) is 11.0. The lowest BCUT2D eigenvalue weighted by Crippen LogP contribution is -2.12. The predicted molar refractivity (Wildman–Crippen MR) is 63.5 cm³/mol. The molecule has 2 N–H and O–H groups in total. The molecule has 1 aromatic heterocycles. The SMILES string of the molecule is Oc1cc2c(cc1CNCc1ccco1)OCO2. The van der Waals surface area contributed by atoms with Crippen molar-refractivity contribution in [1.82, 2.24) is 5.32 Å². The van der Waals surface area contributed by atoms with E-state index in [0.717, 1.165) is 11.3 Å². The molecule has 18 heavy (non-hydrogen) atoms. The van der Waals surface area contributed by atoms with Gasteiger partial charge in [0.1, 0.15) is 11.5 Å². The van der Waals surface area contributed by atoms with E-state index in [1.807, 2.05) is 12.1 Å². The summed E-state index contributed by atoms with van der Waals surface area (Å²) in [7, 11) is 0. The number of phenols is 1. The minimum absolute atomic E-state index is 0.200. The summed E-state index contributed by atoms with van der Waals surface area (Å²) in [4.78, 5) is 0. The van der Waals surface area contributed by atoms with Gasteiger partial charge in [-0.15, -0.1) is 0 Å². The highest BCUT2D eigenvalue weighted by Crippen LogP contribution is 2.37. The standard InChI is InChI=1S/C13H13NO4/c15-11-5-13-12(17-8-18-13)4-9(11)6-14-7-10-2-1-3-16-10/h1-5,14-15H,6-8H2. The van der Waals surface area contributed by atoms with Gasteiger partial charge in [0.2, 0.25) is 6.79 Å². The lowest BCUT2D eigenvalue weighted by Gasteiger charge is -2.07. The predicted octanol–water partition coefficient (Wildman–Crippen LogP) is 2.00. The van der Waals surface area contributed by atoms with Gasteiger partial charge in [0, 0.05) is 18.2 Å². The molecule has 94 valence electrons. The Kier molecular flexibility index (Phi) is 2.82. The zero-order valence-electron chi connectivity index (χ0n) is 9.68. The van der Waals surface area contributed by atoms with E-state index in [1.165, 1.54) is 0 Å². The molecule has 0 saturated carbocycles. The molecule has 1 aliphatic heterocycles. The minimum Gasteiger partial charge on any atom is -0.507 e. The number of aromatic hydroxyl groups is 1. The van der Waals surface area contributed by atoms with E-state index in [-0.39, 0.29) is 12.5 Å². The van der Waals surface area contributed by atoms with Crippen LogP contribution in [0.1, 0.15) is 11.3 Å². The van der Waals surface area contributed by atoms with Crippen LogP contribution in [0.4, 0.5) is 0 Å². The smallest absolute Gasteiger partial charge is 0.231 e. The van der Waals surface area contributed by atoms with Gasteiger partial charge in [-0.1, -0.05) is 0 Å². The van der Waals surface area contributed by atoms with Crippen LogP contribution in [-0.2, 0) is 13.1 Å². The van der Waals surface area contributed by atoms with Crippen molar-refractivity contribution in [3.8, 4) is 17.2 Å². The summed E-state index contributed by atoms with van der Waals surface area (Å²) in [6, 6.07) is 7.10. The fraction of sp³-hybridized carbons (Fsp3) is 0.231. The van der Waals surface area contributed by atoms with Crippen molar-refractivity contribution in [2.75, 3.05) is 6.79 Å². The second-order valence-corrected chi connectivity index (χ2v) is 4.02. The largest absolute Gasteiger partial charge is 0.507 e. The molecule has 0 radical (unpaired) electrons. The highest BCUT2D eigenvalue weighted by Gasteiger charge is 2.16.